The summed E-state index contributed by atoms with van der Waals surface area (Å²) in [6.45, 7) is 3.10. The second kappa shape index (κ2) is 7.30. The lowest BCUT2D eigenvalue weighted by molar-refractivity contribution is -0.114. The van der Waals surface area contributed by atoms with Gasteiger partial charge >= 0.3 is 0 Å². The molecule has 6 nitrogen and oxygen atoms in total. The van der Waals surface area contributed by atoms with Gasteiger partial charge in [-0.1, -0.05) is 17.3 Å². The molecule has 0 aliphatic carbocycles. The van der Waals surface area contributed by atoms with Crippen LogP contribution in [0.25, 0.3) is 11.4 Å². The summed E-state index contributed by atoms with van der Waals surface area (Å²) >= 11 is 0. The summed E-state index contributed by atoms with van der Waals surface area (Å²) in [4.78, 5) is 15.3. The summed E-state index contributed by atoms with van der Waals surface area (Å²) in [6, 6.07) is 8.80. The van der Waals surface area contributed by atoms with Gasteiger partial charge in [-0.15, -0.1) is 0 Å². The van der Waals surface area contributed by atoms with Gasteiger partial charge in [0.1, 0.15) is 11.6 Å². The van der Waals surface area contributed by atoms with Crippen molar-refractivity contribution in [3.8, 4) is 11.4 Å². The molecular weight excluding hydrogens is 342 g/mol. The van der Waals surface area contributed by atoms with Crippen molar-refractivity contribution in [2.24, 2.45) is 0 Å². The number of hydrogen-bond acceptors (Lipinski definition) is 5. The molecule has 3 aromatic rings. The first-order valence-electron chi connectivity index (χ1n) is 7.82. The molecule has 26 heavy (non-hydrogen) atoms. The highest BCUT2D eigenvalue weighted by Crippen LogP contribution is 2.22. The Morgan fingerprint density at radius 2 is 1.96 bits per heavy atom. The number of rotatable bonds is 5. The minimum atomic E-state index is -0.487. The molecule has 8 heteroatoms. The highest BCUT2D eigenvalue weighted by Gasteiger charge is 2.11. The molecule has 2 N–H and O–H groups in total. The number of anilines is 2. The first kappa shape index (κ1) is 17.5. The number of hydrogen-bond donors (Lipinski definition) is 2. The number of carbonyl (C=O) groups excluding carboxylic acids is 1. The Kier molecular flexibility index (Phi) is 4.92. The Labute approximate surface area is 148 Å². The van der Waals surface area contributed by atoms with Crippen LogP contribution in [0.3, 0.4) is 0 Å². The average molecular weight is 358 g/mol. The highest BCUT2D eigenvalue weighted by atomic mass is 19.1. The van der Waals surface area contributed by atoms with Crippen LogP contribution < -0.4 is 10.6 Å². The number of amides is 1. The first-order chi connectivity index (χ1) is 12.4. The first-order valence-corrected chi connectivity index (χ1v) is 7.82. The van der Waals surface area contributed by atoms with E-state index in [0.29, 0.717) is 16.8 Å². The smallest absolute Gasteiger partial charge is 0.246 e. The molecular formula is C18H16F2N4O2. The topological polar surface area (TPSA) is 80.0 Å². The van der Waals surface area contributed by atoms with E-state index in [2.05, 4.69) is 20.8 Å². The van der Waals surface area contributed by atoms with Crippen molar-refractivity contribution in [3.05, 3.63) is 59.5 Å². The van der Waals surface area contributed by atoms with Crippen molar-refractivity contribution in [1.29, 1.82) is 0 Å². The fraction of sp³-hybridized carbons (Fsp3) is 0.167. The summed E-state index contributed by atoms with van der Waals surface area (Å²) in [6.07, 6.45) is 0. The van der Waals surface area contributed by atoms with Gasteiger partial charge in [0.15, 0.2) is 0 Å². The van der Waals surface area contributed by atoms with Crippen molar-refractivity contribution in [1.82, 2.24) is 10.1 Å². The fourth-order valence-electron chi connectivity index (χ4n) is 2.29. The number of aromatic nitrogens is 2. The zero-order valence-electron chi connectivity index (χ0n) is 14.1. The molecule has 0 bridgehead atoms. The van der Waals surface area contributed by atoms with Crippen LogP contribution >= 0.6 is 0 Å². The van der Waals surface area contributed by atoms with E-state index in [9.17, 15) is 13.6 Å². The highest BCUT2D eigenvalue weighted by molar-refractivity contribution is 5.89. The van der Waals surface area contributed by atoms with Crippen LogP contribution in [-0.2, 0) is 11.3 Å². The standard InChI is InChI=1S/C18H16F2N4O2/c1-10-3-4-12(7-15(10)20)18-23-17(26-24-18)9-21-16-8-13(22-11(2)25)5-6-14(16)19/h3-8,21H,9H2,1-2H3,(H,22,25). The van der Waals surface area contributed by atoms with E-state index in [4.69, 9.17) is 4.52 Å². The molecule has 1 aromatic heterocycles. The molecule has 0 spiro atoms. The predicted molar refractivity (Wildman–Crippen MR) is 92.5 cm³/mol. The lowest BCUT2D eigenvalue weighted by atomic mass is 10.1. The van der Waals surface area contributed by atoms with Crippen LogP contribution in [-0.4, -0.2) is 16.0 Å². The number of benzene rings is 2. The maximum Gasteiger partial charge on any atom is 0.246 e. The van der Waals surface area contributed by atoms with Gasteiger partial charge in [-0.05, 0) is 36.8 Å². The van der Waals surface area contributed by atoms with Gasteiger partial charge in [-0.3, -0.25) is 4.79 Å². The summed E-state index contributed by atoms with van der Waals surface area (Å²) in [5.41, 5.74) is 1.65. The van der Waals surface area contributed by atoms with Gasteiger partial charge in [0.25, 0.3) is 0 Å². The van der Waals surface area contributed by atoms with Crippen molar-refractivity contribution >= 4 is 17.3 Å². The molecule has 0 atom stereocenters. The van der Waals surface area contributed by atoms with Gasteiger partial charge < -0.3 is 15.2 Å². The van der Waals surface area contributed by atoms with Gasteiger partial charge in [-0.2, -0.15) is 4.98 Å². The Morgan fingerprint density at radius 3 is 2.69 bits per heavy atom. The molecule has 134 valence electrons. The monoisotopic (exact) mass is 358 g/mol. The molecule has 0 radical (unpaired) electrons. The fourth-order valence-corrected chi connectivity index (χ4v) is 2.29. The second-order valence-corrected chi connectivity index (χ2v) is 5.71. The number of nitrogens with zero attached hydrogens (tertiary/aromatic N) is 2. The molecule has 0 fully saturated rings. The second-order valence-electron chi connectivity index (χ2n) is 5.71. The Balaban J connectivity index is 1.72. The van der Waals surface area contributed by atoms with E-state index in [0.717, 1.165) is 0 Å². The zero-order chi connectivity index (χ0) is 18.7. The number of aryl methyl sites for hydroxylation is 1. The predicted octanol–water partition coefficient (Wildman–Crippen LogP) is 3.89. The van der Waals surface area contributed by atoms with Crippen molar-refractivity contribution < 1.29 is 18.1 Å². The van der Waals surface area contributed by atoms with E-state index in [1.54, 1.807) is 19.1 Å². The number of carbonyl (C=O) groups is 1. The summed E-state index contributed by atoms with van der Waals surface area (Å²) in [7, 11) is 0. The van der Waals surface area contributed by atoms with Crippen molar-refractivity contribution in [2.75, 3.05) is 10.6 Å². The maximum atomic E-state index is 13.9. The summed E-state index contributed by atoms with van der Waals surface area (Å²) in [5, 5.41) is 9.21. The van der Waals surface area contributed by atoms with Gasteiger partial charge in [-0.25, -0.2) is 8.78 Å². The van der Waals surface area contributed by atoms with E-state index < -0.39 is 5.82 Å². The molecule has 0 aliphatic heterocycles. The molecule has 1 heterocycles. The molecule has 0 aliphatic rings. The molecule has 0 saturated heterocycles. The molecule has 0 saturated carbocycles. The molecule has 2 aromatic carbocycles. The third kappa shape index (κ3) is 4.02. The van der Waals surface area contributed by atoms with Crippen LogP contribution in [0.5, 0.6) is 0 Å². The number of halogens is 2. The Hall–Kier alpha value is -3.29. The Morgan fingerprint density at radius 1 is 1.15 bits per heavy atom. The van der Waals surface area contributed by atoms with Crippen LogP contribution in [0, 0.1) is 18.6 Å². The molecule has 0 unspecified atom stereocenters. The lowest BCUT2D eigenvalue weighted by Gasteiger charge is -2.08. The van der Waals surface area contributed by atoms with Crippen molar-refractivity contribution in [2.45, 2.75) is 20.4 Å². The molecule has 3 rings (SSSR count). The quantitative estimate of drug-likeness (QED) is 0.723. The maximum absolute atomic E-state index is 13.9. The normalized spacial score (nSPS) is 10.6. The average Bonchev–Trinajstić information content (AvgIpc) is 3.06. The van der Waals surface area contributed by atoms with E-state index in [1.165, 1.54) is 31.2 Å². The third-order valence-electron chi connectivity index (χ3n) is 3.61. The SMILES string of the molecule is CC(=O)Nc1ccc(F)c(NCc2nc(-c3ccc(C)c(F)c3)no2)c1. The van der Waals surface area contributed by atoms with Crippen molar-refractivity contribution in [3.63, 3.8) is 0 Å². The van der Waals surface area contributed by atoms with Crippen LogP contribution in [0.15, 0.2) is 40.9 Å². The van der Waals surface area contributed by atoms with E-state index >= 15 is 0 Å². The summed E-state index contributed by atoms with van der Waals surface area (Å²) < 4.78 is 32.6. The van der Waals surface area contributed by atoms with Gasteiger partial charge in [0.05, 0.1) is 12.2 Å². The van der Waals surface area contributed by atoms with E-state index in [1.807, 2.05) is 0 Å². The minimum Gasteiger partial charge on any atom is -0.374 e. The van der Waals surface area contributed by atoms with Crippen LogP contribution in [0.4, 0.5) is 20.2 Å². The van der Waals surface area contributed by atoms with Gasteiger partial charge in [0, 0.05) is 18.2 Å². The third-order valence-corrected chi connectivity index (χ3v) is 3.61. The van der Waals surface area contributed by atoms with Crippen LogP contribution in [0.1, 0.15) is 18.4 Å². The largest absolute Gasteiger partial charge is 0.374 e. The van der Waals surface area contributed by atoms with Crippen LogP contribution in [0.2, 0.25) is 0 Å². The van der Waals surface area contributed by atoms with Gasteiger partial charge in [0.2, 0.25) is 17.6 Å². The summed E-state index contributed by atoms with van der Waals surface area (Å²) in [5.74, 6) is -0.642. The number of nitrogens with one attached hydrogen (secondary N) is 2. The Bertz CT molecular complexity index is 956. The molecule has 1 amide bonds. The minimum absolute atomic E-state index is 0.0712. The lowest BCUT2D eigenvalue weighted by Crippen LogP contribution is -2.07. The van der Waals surface area contributed by atoms with E-state index in [-0.39, 0.29) is 35.7 Å². The zero-order valence-corrected chi connectivity index (χ0v) is 14.1.